The van der Waals surface area contributed by atoms with E-state index in [0.717, 1.165) is 18.0 Å². The van der Waals surface area contributed by atoms with Crippen LogP contribution in [0, 0.1) is 0 Å². The van der Waals surface area contributed by atoms with Gasteiger partial charge in [0.05, 0.1) is 14.2 Å². The van der Waals surface area contributed by atoms with Crippen LogP contribution in [-0.4, -0.2) is 26.8 Å². The average Bonchev–Trinajstić information content (AvgIpc) is 2.59. The summed E-state index contributed by atoms with van der Waals surface area (Å²) in [6.07, 6.45) is 2.23. The van der Waals surface area contributed by atoms with E-state index >= 15 is 0 Å². The van der Waals surface area contributed by atoms with E-state index in [-0.39, 0.29) is 0 Å². The lowest BCUT2D eigenvalue weighted by Gasteiger charge is -2.12. The third kappa shape index (κ3) is 4.86. The molecule has 0 aliphatic heterocycles. The van der Waals surface area contributed by atoms with Crippen molar-refractivity contribution < 1.29 is 9.47 Å². The second kappa shape index (κ2) is 8.39. The molecule has 0 heterocycles. The van der Waals surface area contributed by atoms with Gasteiger partial charge in [-0.2, -0.15) is 0 Å². The Morgan fingerprint density at radius 1 is 0.870 bits per heavy atom. The van der Waals surface area contributed by atoms with E-state index in [1.165, 1.54) is 16.7 Å². The van der Waals surface area contributed by atoms with Gasteiger partial charge in [0.15, 0.2) is 0 Å². The highest BCUT2D eigenvalue weighted by Gasteiger charge is 2.06. The zero-order valence-corrected chi connectivity index (χ0v) is 14.3. The van der Waals surface area contributed by atoms with Crippen LogP contribution in [0.3, 0.4) is 0 Å². The molecular weight excluding hydrogens is 286 g/mol. The molecular formula is C20H25NO2. The highest BCUT2D eigenvalue weighted by atomic mass is 16.5. The third-order valence-electron chi connectivity index (χ3n) is 3.63. The topological polar surface area (TPSA) is 30.5 Å². The molecule has 3 heteroatoms. The molecule has 0 spiro atoms. The lowest BCUT2D eigenvalue weighted by atomic mass is 9.97. The predicted octanol–water partition coefficient (Wildman–Crippen LogP) is 4.13. The summed E-state index contributed by atoms with van der Waals surface area (Å²) in [4.78, 5) is 0. The molecule has 2 rings (SSSR count). The zero-order chi connectivity index (χ0) is 16.7. The van der Waals surface area contributed by atoms with Gasteiger partial charge in [-0.15, -0.1) is 0 Å². The van der Waals surface area contributed by atoms with Crippen LogP contribution < -0.4 is 14.8 Å². The van der Waals surface area contributed by atoms with Crippen molar-refractivity contribution >= 4 is 5.57 Å². The SMILES string of the molecule is COc1ccc(C(=CCNC(C)C)c2ccc(OC)cc2)cc1. The van der Waals surface area contributed by atoms with Crippen LogP contribution >= 0.6 is 0 Å². The van der Waals surface area contributed by atoms with Crippen LogP contribution in [0.25, 0.3) is 5.57 Å². The molecule has 0 saturated carbocycles. The highest BCUT2D eigenvalue weighted by molar-refractivity contribution is 5.80. The lowest BCUT2D eigenvalue weighted by Crippen LogP contribution is -2.22. The number of nitrogens with one attached hydrogen (secondary N) is 1. The maximum Gasteiger partial charge on any atom is 0.118 e. The number of ether oxygens (including phenoxy) is 2. The summed E-state index contributed by atoms with van der Waals surface area (Å²) in [5, 5.41) is 3.43. The normalized spacial score (nSPS) is 10.5. The standard InChI is InChI=1S/C20H25NO2/c1-15(2)21-14-13-20(16-5-9-18(22-3)10-6-16)17-7-11-19(23-4)12-8-17/h5-13,15,21H,14H2,1-4H3. The van der Waals surface area contributed by atoms with Crippen molar-refractivity contribution in [1.82, 2.24) is 5.32 Å². The molecule has 0 bridgehead atoms. The van der Waals surface area contributed by atoms with Crippen molar-refractivity contribution in [1.29, 1.82) is 0 Å². The number of benzene rings is 2. The fraction of sp³-hybridized carbons (Fsp3) is 0.300. The highest BCUT2D eigenvalue weighted by Crippen LogP contribution is 2.26. The first kappa shape index (κ1) is 17.1. The Hall–Kier alpha value is -2.26. The fourth-order valence-corrected chi connectivity index (χ4v) is 2.34. The minimum Gasteiger partial charge on any atom is -0.497 e. The summed E-state index contributed by atoms with van der Waals surface area (Å²) >= 11 is 0. The van der Waals surface area contributed by atoms with Gasteiger partial charge in [0.25, 0.3) is 0 Å². The summed E-state index contributed by atoms with van der Waals surface area (Å²) in [5.41, 5.74) is 3.53. The van der Waals surface area contributed by atoms with Gasteiger partial charge >= 0.3 is 0 Å². The minimum absolute atomic E-state index is 0.458. The molecule has 23 heavy (non-hydrogen) atoms. The number of rotatable bonds is 7. The molecule has 1 N–H and O–H groups in total. The van der Waals surface area contributed by atoms with E-state index < -0.39 is 0 Å². The monoisotopic (exact) mass is 311 g/mol. The smallest absolute Gasteiger partial charge is 0.118 e. The van der Waals surface area contributed by atoms with Crippen LogP contribution in [0.4, 0.5) is 0 Å². The molecule has 0 saturated heterocycles. The molecule has 0 aliphatic carbocycles. The first-order valence-electron chi connectivity index (χ1n) is 7.86. The Labute approximate surface area is 138 Å². The molecule has 122 valence electrons. The summed E-state index contributed by atoms with van der Waals surface area (Å²) in [7, 11) is 3.36. The van der Waals surface area contributed by atoms with Gasteiger partial charge in [-0.1, -0.05) is 44.2 Å². The predicted molar refractivity (Wildman–Crippen MR) is 96.2 cm³/mol. The van der Waals surface area contributed by atoms with Crippen molar-refractivity contribution in [3.05, 3.63) is 65.7 Å². The maximum absolute atomic E-state index is 5.25. The first-order valence-corrected chi connectivity index (χ1v) is 7.86. The van der Waals surface area contributed by atoms with E-state index in [2.05, 4.69) is 49.5 Å². The zero-order valence-electron chi connectivity index (χ0n) is 14.3. The summed E-state index contributed by atoms with van der Waals surface area (Å²) in [6.45, 7) is 5.12. The van der Waals surface area contributed by atoms with Gasteiger partial charge in [-0.3, -0.25) is 0 Å². The van der Waals surface area contributed by atoms with Crippen molar-refractivity contribution in [3.8, 4) is 11.5 Å². The molecule has 0 fully saturated rings. The molecule has 0 aliphatic rings. The Bertz CT molecular complexity index is 578. The summed E-state index contributed by atoms with van der Waals surface area (Å²) in [5.74, 6) is 1.73. The largest absolute Gasteiger partial charge is 0.497 e. The fourth-order valence-electron chi connectivity index (χ4n) is 2.34. The molecule has 3 nitrogen and oxygen atoms in total. The Kier molecular flexibility index (Phi) is 6.24. The van der Waals surface area contributed by atoms with Crippen molar-refractivity contribution in [2.75, 3.05) is 20.8 Å². The Morgan fingerprint density at radius 3 is 1.65 bits per heavy atom. The molecule has 2 aromatic rings. The molecule has 0 atom stereocenters. The van der Waals surface area contributed by atoms with Gasteiger partial charge in [-0.25, -0.2) is 0 Å². The van der Waals surface area contributed by atoms with Crippen LogP contribution in [-0.2, 0) is 0 Å². The van der Waals surface area contributed by atoms with Crippen molar-refractivity contribution in [2.45, 2.75) is 19.9 Å². The van der Waals surface area contributed by atoms with E-state index in [4.69, 9.17) is 9.47 Å². The number of methoxy groups -OCH3 is 2. The molecule has 0 radical (unpaired) electrons. The van der Waals surface area contributed by atoms with Gasteiger partial charge in [0.2, 0.25) is 0 Å². The molecule has 0 unspecified atom stereocenters. The minimum atomic E-state index is 0.458. The second-order valence-corrected chi connectivity index (χ2v) is 5.64. The average molecular weight is 311 g/mol. The number of hydrogen-bond donors (Lipinski definition) is 1. The van der Waals surface area contributed by atoms with Gasteiger partial charge in [0, 0.05) is 12.6 Å². The first-order chi connectivity index (χ1) is 11.1. The van der Waals surface area contributed by atoms with Crippen LogP contribution in [0.15, 0.2) is 54.6 Å². The van der Waals surface area contributed by atoms with Crippen molar-refractivity contribution in [2.24, 2.45) is 0 Å². The van der Waals surface area contributed by atoms with Crippen LogP contribution in [0.1, 0.15) is 25.0 Å². The summed E-state index contributed by atoms with van der Waals surface area (Å²) in [6, 6.07) is 16.8. The maximum atomic E-state index is 5.25. The van der Waals surface area contributed by atoms with E-state index in [1.54, 1.807) is 14.2 Å². The molecule has 0 amide bonds. The summed E-state index contributed by atoms with van der Waals surface area (Å²) < 4.78 is 10.5. The quantitative estimate of drug-likeness (QED) is 0.834. The van der Waals surface area contributed by atoms with Crippen LogP contribution in [0.5, 0.6) is 11.5 Å². The van der Waals surface area contributed by atoms with Gasteiger partial charge in [0.1, 0.15) is 11.5 Å². The number of hydrogen-bond acceptors (Lipinski definition) is 3. The van der Waals surface area contributed by atoms with Crippen molar-refractivity contribution in [3.63, 3.8) is 0 Å². The van der Waals surface area contributed by atoms with E-state index in [9.17, 15) is 0 Å². The Balaban J connectivity index is 2.32. The molecule has 2 aromatic carbocycles. The van der Waals surface area contributed by atoms with E-state index in [0.29, 0.717) is 6.04 Å². The van der Waals surface area contributed by atoms with E-state index in [1.807, 2.05) is 24.3 Å². The Morgan fingerprint density at radius 2 is 1.30 bits per heavy atom. The third-order valence-corrected chi connectivity index (χ3v) is 3.63. The lowest BCUT2D eigenvalue weighted by molar-refractivity contribution is 0.414. The van der Waals surface area contributed by atoms with Gasteiger partial charge < -0.3 is 14.8 Å². The van der Waals surface area contributed by atoms with Crippen LogP contribution in [0.2, 0.25) is 0 Å². The molecule has 0 aromatic heterocycles. The van der Waals surface area contributed by atoms with Gasteiger partial charge in [-0.05, 0) is 41.0 Å². The second-order valence-electron chi connectivity index (χ2n) is 5.64.